The number of likely N-dealkylation sites (tertiary alicyclic amines) is 1. The number of imidazole rings is 1. The molecule has 5 rings (SSSR count). The van der Waals surface area contributed by atoms with E-state index in [4.69, 9.17) is 15.2 Å². The number of aromatic nitrogens is 4. The highest BCUT2D eigenvalue weighted by Gasteiger charge is 2.47. The number of hydrogen-bond acceptors (Lipinski definition) is 10. The number of aryl methyl sites for hydroxylation is 1. The van der Waals surface area contributed by atoms with Gasteiger partial charge in [-0.25, -0.2) is 19.7 Å². The summed E-state index contributed by atoms with van der Waals surface area (Å²) in [5, 5.41) is 23.6. The molecule has 4 atom stereocenters. The lowest BCUT2D eigenvalue weighted by atomic mass is 9.91. The normalized spacial score (nSPS) is 26.0. The maximum Gasteiger partial charge on any atom is 0.409 e. The van der Waals surface area contributed by atoms with Crippen molar-refractivity contribution < 1.29 is 29.3 Å². The van der Waals surface area contributed by atoms with E-state index in [0.29, 0.717) is 48.4 Å². The molecule has 0 aromatic carbocycles. The van der Waals surface area contributed by atoms with Crippen molar-refractivity contribution in [3.05, 3.63) is 12.2 Å². The van der Waals surface area contributed by atoms with E-state index >= 15 is 0 Å². The number of ether oxygens (including phenoxy) is 2. The van der Waals surface area contributed by atoms with Crippen LogP contribution in [0.2, 0.25) is 0 Å². The Labute approximate surface area is 233 Å². The lowest BCUT2D eigenvalue weighted by Gasteiger charge is -2.31. The quantitative estimate of drug-likeness (QED) is 0.352. The predicted octanol–water partition coefficient (Wildman–Crippen LogP) is 1.53. The number of nitrogens with two attached hydrogens (primary N) is 1. The molecule has 1 aliphatic carbocycles. The Bertz CT molecular complexity index is 1180. The summed E-state index contributed by atoms with van der Waals surface area (Å²) in [6.45, 7) is 4.12. The Morgan fingerprint density at radius 3 is 2.60 bits per heavy atom. The second-order valence-corrected chi connectivity index (χ2v) is 11.2. The van der Waals surface area contributed by atoms with Crippen LogP contribution in [0.1, 0.15) is 70.3 Å². The molecule has 2 amide bonds. The van der Waals surface area contributed by atoms with Gasteiger partial charge in [0.15, 0.2) is 23.8 Å². The monoisotopic (exact) mass is 559 g/mol. The number of piperidine rings is 1. The molecule has 0 bridgehead atoms. The van der Waals surface area contributed by atoms with Gasteiger partial charge >= 0.3 is 6.09 Å². The van der Waals surface area contributed by atoms with Crippen molar-refractivity contribution in [3.63, 3.8) is 0 Å². The summed E-state index contributed by atoms with van der Waals surface area (Å²) < 4.78 is 12.8. The predicted molar refractivity (Wildman–Crippen MR) is 145 cm³/mol. The molecule has 13 nitrogen and oxygen atoms in total. The van der Waals surface area contributed by atoms with E-state index in [2.05, 4.69) is 20.3 Å². The number of fused-ring (bicyclic) bond motifs is 1. The first kappa shape index (κ1) is 28.5. The minimum absolute atomic E-state index is 0.180. The van der Waals surface area contributed by atoms with Crippen LogP contribution in [-0.4, -0.2) is 91.2 Å². The molecule has 0 spiro atoms. The second kappa shape index (κ2) is 12.6. The van der Waals surface area contributed by atoms with Gasteiger partial charge in [-0.3, -0.25) is 9.36 Å². The topological polar surface area (TPSA) is 178 Å². The lowest BCUT2D eigenvalue weighted by molar-refractivity contribution is -0.137. The Balaban J connectivity index is 1.14. The molecule has 0 radical (unpaired) electrons. The molecule has 2 saturated heterocycles. The standard InChI is InChI=1S/C27H41N7O6/c1-2-29-25(37)22-20(35)21(36)26(40-22)34-15-30-19-23(28)31-18(32-24(19)34)9-5-8-16-10-12-33(13-11-16)27(38)39-14-17-6-3-4-7-17/h15-17,20-22,26,35-36H,2-14H2,1H3,(H,29,37)(H2,28,31,32)/t20-,21?,22+,26-/m1/s1. The first-order valence-electron chi connectivity index (χ1n) is 14.6. The van der Waals surface area contributed by atoms with E-state index in [1.54, 1.807) is 6.92 Å². The highest BCUT2D eigenvalue weighted by atomic mass is 16.6. The van der Waals surface area contributed by atoms with E-state index < -0.39 is 30.4 Å². The first-order valence-corrected chi connectivity index (χ1v) is 14.6. The minimum atomic E-state index is -1.40. The number of aliphatic hydroxyl groups is 2. The number of aliphatic hydroxyl groups excluding tert-OH is 2. The zero-order valence-electron chi connectivity index (χ0n) is 23.1. The highest BCUT2D eigenvalue weighted by Crippen LogP contribution is 2.33. The Morgan fingerprint density at radius 2 is 1.88 bits per heavy atom. The largest absolute Gasteiger partial charge is 0.449 e. The number of anilines is 1. The van der Waals surface area contributed by atoms with Crippen LogP contribution in [0, 0.1) is 11.8 Å². The summed E-state index contributed by atoms with van der Waals surface area (Å²) in [5.41, 5.74) is 6.91. The molecular formula is C27H41N7O6. The Hall–Kier alpha value is -3.03. The summed E-state index contributed by atoms with van der Waals surface area (Å²) in [5.74, 6) is 1.31. The Kier molecular flexibility index (Phi) is 9.01. The van der Waals surface area contributed by atoms with Crippen molar-refractivity contribution in [2.75, 3.05) is 32.0 Å². The fraction of sp³-hybridized carbons (Fsp3) is 0.741. The SMILES string of the molecule is CCNC(=O)[C@H]1O[C@@H](n2cnc3c(N)nc(CCCC4CCN(C(=O)OCC5CCCC5)CC4)nc32)C(O)[C@H]1O. The molecule has 2 aliphatic heterocycles. The van der Waals surface area contributed by atoms with Gasteiger partial charge in [0.1, 0.15) is 23.5 Å². The zero-order chi connectivity index (χ0) is 28.2. The summed E-state index contributed by atoms with van der Waals surface area (Å²) in [4.78, 5) is 39.9. The van der Waals surface area contributed by atoms with Crippen molar-refractivity contribution in [1.82, 2.24) is 29.7 Å². The third kappa shape index (κ3) is 6.16. The third-order valence-electron chi connectivity index (χ3n) is 8.42. The van der Waals surface area contributed by atoms with Gasteiger partial charge in [-0.05, 0) is 57.3 Å². The number of nitrogen functional groups attached to an aromatic ring is 1. The van der Waals surface area contributed by atoms with Gasteiger partial charge in [0.25, 0.3) is 5.91 Å². The van der Waals surface area contributed by atoms with Crippen molar-refractivity contribution in [2.45, 2.75) is 89.3 Å². The number of rotatable bonds is 9. The van der Waals surface area contributed by atoms with Crippen LogP contribution in [0.25, 0.3) is 11.2 Å². The number of likely N-dealkylation sites (N-methyl/N-ethyl adjacent to an activating group) is 1. The van der Waals surface area contributed by atoms with Gasteiger partial charge < -0.3 is 35.6 Å². The van der Waals surface area contributed by atoms with Crippen molar-refractivity contribution in [1.29, 1.82) is 0 Å². The average molecular weight is 560 g/mol. The van der Waals surface area contributed by atoms with Crippen LogP contribution in [0.3, 0.4) is 0 Å². The first-order chi connectivity index (χ1) is 19.4. The summed E-state index contributed by atoms with van der Waals surface area (Å²) in [6, 6.07) is 0. The average Bonchev–Trinajstić information content (AvgIpc) is 3.68. The molecule has 4 heterocycles. The second-order valence-electron chi connectivity index (χ2n) is 11.2. The highest BCUT2D eigenvalue weighted by molar-refractivity contribution is 5.83. The van der Waals surface area contributed by atoms with Crippen LogP contribution >= 0.6 is 0 Å². The molecule has 2 aromatic heterocycles. The van der Waals surface area contributed by atoms with E-state index in [0.717, 1.165) is 51.6 Å². The van der Waals surface area contributed by atoms with E-state index in [1.165, 1.54) is 23.7 Å². The molecule has 220 valence electrons. The van der Waals surface area contributed by atoms with Crippen LogP contribution < -0.4 is 11.1 Å². The molecule has 5 N–H and O–H groups in total. The van der Waals surface area contributed by atoms with Crippen LogP contribution in [0.5, 0.6) is 0 Å². The molecule has 1 unspecified atom stereocenters. The van der Waals surface area contributed by atoms with Gasteiger partial charge in [-0.2, -0.15) is 0 Å². The smallest absolute Gasteiger partial charge is 0.409 e. The molecule has 3 fully saturated rings. The maximum atomic E-state index is 12.4. The van der Waals surface area contributed by atoms with E-state index in [-0.39, 0.29) is 11.9 Å². The van der Waals surface area contributed by atoms with Gasteiger partial charge in [-0.15, -0.1) is 0 Å². The number of carbonyl (C=O) groups is 2. The van der Waals surface area contributed by atoms with Crippen LogP contribution in [0.15, 0.2) is 6.33 Å². The maximum absolute atomic E-state index is 12.4. The van der Waals surface area contributed by atoms with Crippen LogP contribution in [-0.2, 0) is 20.7 Å². The number of nitrogens with one attached hydrogen (secondary N) is 1. The molecule has 13 heteroatoms. The molecular weight excluding hydrogens is 518 g/mol. The lowest BCUT2D eigenvalue weighted by Crippen LogP contribution is -2.42. The number of amides is 2. The van der Waals surface area contributed by atoms with Crippen molar-refractivity contribution >= 4 is 29.0 Å². The summed E-state index contributed by atoms with van der Waals surface area (Å²) in [6.07, 6.45) is 5.38. The number of nitrogens with zero attached hydrogens (tertiary/aromatic N) is 5. The fourth-order valence-corrected chi connectivity index (χ4v) is 6.07. The van der Waals surface area contributed by atoms with Crippen molar-refractivity contribution in [3.8, 4) is 0 Å². The fourth-order valence-electron chi connectivity index (χ4n) is 6.07. The molecule has 2 aromatic rings. The molecule has 1 saturated carbocycles. The summed E-state index contributed by atoms with van der Waals surface area (Å²) >= 11 is 0. The third-order valence-corrected chi connectivity index (χ3v) is 8.42. The minimum Gasteiger partial charge on any atom is -0.449 e. The van der Waals surface area contributed by atoms with E-state index in [9.17, 15) is 19.8 Å². The Morgan fingerprint density at radius 1 is 1.12 bits per heavy atom. The molecule has 40 heavy (non-hydrogen) atoms. The van der Waals surface area contributed by atoms with Gasteiger partial charge in [-0.1, -0.05) is 12.8 Å². The number of hydrogen-bond donors (Lipinski definition) is 4. The zero-order valence-corrected chi connectivity index (χ0v) is 23.1. The van der Waals surface area contributed by atoms with Gasteiger partial charge in [0.05, 0.1) is 12.9 Å². The summed E-state index contributed by atoms with van der Waals surface area (Å²) in [7, 11) is 0. The van der Waals surface area contributed by atoms with Crippen LogP contribution in [0.4, 0.5) is 10.6 Å². The molecule has 3 aliphatic rings. The van der Waals surface area contributed by atoms with Gasteiger partial charge in [0.2, 0.25) is 0 Å². The van der Waals surface area contributed by atoms with E-state index in [1.807, 2.05) is 4.90 Å². The van der Waals surface area contributed by atoms with Crippen molar-refractivity contribution in [2.24, 2.45) is 11.8 Å². The number of carbonyl (C=O) groups excluding carboxylic acids is 2. The van der Waals surface area contributed by atoms with Gasteiger partial charge in [0, 0.05) is 26.1 Å².